The summed E-state index contributed by atoms with van der Waals surface area (Å²) in [5, 5.41) is 0. The van der Waals surface area contributed by atoms with Gasteiger partial charge >= 0.3 is 0 Å². The standard InChI is InChI=1S/C16H13F2NO/c17-12-7-13(15(18)14(19)8-12)16(20)11-5-4-9-2-1-3-10(9)6-11/h4-8H,1-3,19H2. The summed E-state index contributed by atoms with van der Waals surface area (Å²) in [5.41, 5.74) is 7.39. The number of hydrogen-bond donors (Lipinski definition) is 1. The third-order valence-corrected chi connectivity index (χ3v) is 3.67. The first-order valence-electron chi connectivity index (χ1n) is 6.47. The van der Waals surface area contributed by atoms with Gasteiger partial charge in [-0.15, -0.1) is 0 Å². The highest BCUT2D eigenvalue weighted by Gasteiger charge is 2.19. The van der Waals surface area contributed by atoms with Crippen LogP contribution in [0.5, 0.6) is 0 Å². The first-order chi connectivity index (χ1) is 9.56. The van der Waals surface area contributed by atoms with Crippen molar-refractivity contribution in [3.8, 4) is 0 Å². The highest BCUT2D eigenvalue weighted by Crippen LogP contribution is 2.25. The molecule has 0 aliphatic heterocycles. The van der Waals surface area contributed by atoms with E-state index in [0.29, 0.717) is 5.56 Å². The largest absolute Gasteiger partial charge is 0.396 e. The second-order valence-electron chi connectivity index (χ2n) is 5.02. The van der Waals surface area contributed by atoms with Gasteiger partial charge in [0.15, 0.2) is 11.6 Å². The third-order valence-electron chi connectivity index (χ3n) is 3.67. The second kappa shape index (κ2) is 4.71. The molecule has 3 rings (SSSR count). The van der Waals surface area contributed by atoms with Crippen molar-refractivity contribution in [1.29, 1.82) is 0 Å². The van der Waals surface area contributed by atoms with Crippen LogP contribution in [0.3, 0.4) is 0 Å². The summed E-state index contributed by atoms with van der Waals surface area (Å²) in [7, 11) is 0. The number of hydrogen-bond acceptors (Lipinski definition) is 2. The summed E-state index contributed by atoms with van der Waals surface area (Å²) >= 11 is 0. The van der Waals surface area contributed by atoms with Crippen LogP contribution in [0.4, 0.5) is 14.5 Å². The Kier molecular flexibility index (Phi) is 3.01. The average molecular weight is 273 g/mol. The molecule has 2 aromatic rings. The molecule has 2 aromatic carbocycles. The van der Waals surface area contributed by atoms with Crippen molar-refractivity contribution in [1.82, 2.24) is 0 Å². The van der Waals surface area contributed by atoms with Gasteiger partial charge in [0.2, 0.25) is 0 Å². The fraction of sp³-hybridized carbons (Fsp3) is 0.188. The summed E-state index contributed by atoms with van der Waals surface area (Å²) in [6.45, 7) is 0. The Morgan fingerprint density at radius 3 is 2.60 bits per heavy atom. The zero-order valence-electron chi connectivity index (χ0n) is 10.7. The van der Waals surface area contributed by atoms with Gasteiger partial charge < -0.3 is 5.73 Å². The molecule has 0 saturated heterocycles. The zero-order chi connectivity index (χ0) is 14.3. The van der Waals surface area contributed by atoms with Gasteiger partial charge in [-0.2, -0.15) is 0 Å². The Morgan fingerprint density at radius 1 is 1.05 bits per heavy atom. The van der Waals surface area contributed by atoms with E-state index >= 15 is 0 Å². The molecule has 0 radical (unpaired) electrons. The molecule has 0 unspecified atom stereocenters. The molecule has 0 bridgehead atoms. The van der Waals surface area contributed by atoms with E-state index in [4.69, 9.17) is 5.73 Å². The van der Waals surface area contributed by atoms with Crippen LogP contribution in [0.25, 0.3) is 0 Å². The maximum atomic E-state index is 13.9. The Morgan fingerprint density at radius 2 is 1.80 bits per heavy atom. The number of fused-ring (bicyclic) bond motifs is 1. The van der Waals surface area contributed by atoms with Crippen LogP contribution < -0.4 is 5.73 Å². The molecule has 4 heteroatoms. The van der Waals surface area contributed by atoms with E-state index in [1.807, 2.05) is 6.07 Å². The minimum absolute atomic E-state index is 0.319. The molecular weight excluding hydrogens is 260 g/mol. The second-order valence-corrected chi connectivity index (χ2v) is 5.02. The van der Waals surface area contributed by atoms with Crippen LogP contribution in [0, 0.1) is 11.6 Å². The van der Waals surface area contributed by atoms with E-state index in [0.717, 1.165) is 37.0 Å². The molecule has 0 spiro atoms. The molecular formula is C16H13F2NO. The van der Waals surface area contributed by atoms with Crippen LogP contribution >= 0.6 is 0 Å². The quantitative estimate of drug-likeness (QED) is 0.674. The summed E-state index contributed by atoms with van der Waals surface area (Å²) in [5.74, 6) is -2.12. The zero-order valence-corrected chi connectivity index (χ0v) is 10.7. The number of carbonyl (C=O) groups excluding carboxylic acids is 1. The molecule has 2 N–H and O–H groups in total. The number of rotatable bonds is 2. The number of aryl methyl sites for hydroxylation is 2. The summed E-state index contributed by atoms with van der Waals surface area (Å²) < 4.78 is 27.2. The number of carbonyl (C=O) groups is 1. The Bertz CT molecular complexity index is 710. The minimum Gasteiger partial charge on any atom is -0.396 e. The van der Waals surface area contributed by atoms with E-state index in [2.05, 4.69) is 0 Å². The van der Waals surface area contributed by atoms with Gasteiger partial charge in [-0.05, 0) is 48.6 Å². The molecule has 0 amide bonds. The number of nitrogens with two attached hydrogens (primary N) is 1. The van der Waals surface area contributed by atoms with E-state index in [1.54, 1.807) is 12.1 Å². The summed E-state index contributed by atoms with van der Waals surface area (Å²) in [6.07, 6.45) is 2.99. The fourth-order valence-corrected chi connectivity index (χ4v) is 2.64. The molecule has 0 atom stereocenters. The predicted octanol–water partition coefficient (Wildman–Crippen LogP) is 3.27. The predicted molar refractivity (Wildman–Crippen MR) is 72.7 cm³/mol. The monoisotopic (exact) mass is 273 g/mol. The molecule has 102 valence electrons. The summed E-state index contributed by atoms with van der Waals surface area (Å²) in [6, 6.07) is 7.07. The van der Waals surface area contributed by atoms with Crippen molar-refractivity contribution in [2.45, 2.75) is 19.3 Å². The highest BCUT2D eigenvalue weighted by molar-refractivity contribution is 6.09. The number of benzene rings is 2. The van der Waals surface area contributed by atoms with Crippen molar-refractivity contribution >= 4 is 11.5 Å². The number of anilines is 1. The lowest BCUT2D eigenvalue weighted by molar-refractivity contribution is 0.103. The van der Waals surface area contributed by atoms with Crippen molar-refractivity contribution in [3.05, 3.63) is 64.2 Å². The van der Waals surface area contributed by atoms with Crippen molar-refractivity contribution in [3.63, 3.8) is 0 Å². The average Bonchev–Trinajstić information content (AvgIpc) is 2.89. The van der Waals surface area contributed by atoms with Crippen LogP contribution in [0.15, 0.2) is 30.3 Å². The molecule has 0 heterocycles. The molecule has 20 heavy (non-hydrogen) atoms. The van der Waals surface area contributed by atoms with Gasteiger partial charge in [0.1, 0.15) is 5.82 Å². The minimum atomic E-state index is -0.864. The molecule has 1 aliphatic carbocycles. The number of ketones is 1. The van der Waals surface area contributed by atoms with Crippen molar-refractivity contribution in [2.24, 2.45) is 0 Å². The van der Waals surface area contributed by atoms with Gasteiger partial charge in [0.05, 0.1) is 11.3 Å². The molecule has 0 saturated carbocycles. The first-order valence-corrected chi connectivity index (χ1v) is 6.47. The first kappa shape index (κ1) is 12.8. The van der Waals surface area contributed by atoms with E-state index in [9.17, 15) is 13.6 Å². The number of halogens is 2. The van der Waals surface area contributed by atoms with Gasteiger partial charge in [-0.25, -0.2) is 8.78 Å². The van der Waals surface area contributed by atoms with Crippen LogP contribution in [0.2, 0.25) is 0 Å². The molecule has 2 nitrogen and oxygen atoms in total. The van der Waals surface area contributed by atoms with E-state index in [1.165, 1.54) is 5.56 Å². The van der Waals surface area contributed by atoms with Gasteiger partial charge in [0.25, 0.3) is 0 Å². The molecule has 1 aliphatic rings. The van der Waals surface area contributed by atoms with Crippen LogP contribution in [-0.4, -0.2) is 5.78 Å². The van der Waals surface area contributed by atoms with Gasteiger partial charge in [0, 0.05) is 5.56 Å². The lowest BCUT2D eigenvalue weighted by Crippen LogP contribution is -2.08. The smallest absolute Gasteiger partial charge is 0.196 e. The lowest BCUT2D eigenvalue weighted by Gasteiger charge is -2.07. The van der Waals surface area contributed by atoms with Crippen LogP contribution in [-0.2, 0) is 12.8 Å². The highest BCUT2D eigenvalue weighted by atomic mass is 19.1. The van der Waals surface area contributed by atoms with E-state index < -0.39 is 17.4 Å². The molecule has 0 aromatic heterocycles. The maximum Gasteiger partial charge on any atom is 0.196 e. The van der Waals surface area contributed by atoms with Crippen molar-refractivity contribution < 1.29 is 13.6 Å². The Balaban J connectivity index is 2.05. The Hall–Kier alpha value is -2.23. The topological polar surface area (TPSA) is 43.1 Å². The lowest BCUT2D eigenvalue weighted by atomic mass is 9.98. The fourth-order valence-electron chi connectivity index (χ4n) is 2.64. The van der Waals surface area contributed by atoms with E-state index in [-0.39, 0.29) is 11.3 Å². The maximum absolute atomic E-state index is 13.9. The van der Waals surface area contributed by atoms with Gasteiger partial charge in [-0.1, -0.05) is 12.1 Å². The Labute approximate surface area is 115 Å². The third kappa shape index (κ3) is 2.07. The summed E-state index contributed by atoms with van der Waals surface area (Å²) in [4.78, 5) is 12.3. The normalized spacial score (nSPS) is 13.3. The van der Waals surface area contributed by atoms with Crippen molar-refractivity contribution in [2.75, 3.05) is 5.73 Å². The molecule has 0 fully saturated rings. The van der Waals surface area contributed by atoms with Crippen LogP contribution in [0.1, 0.15) is 33.5 Å². The SMILES string of the molecule is Nc1cc(F)cc(C(=O)c2ccc3c(c2)CCC3)c1F. The van der Waals surface area contributed by atoms with Gasteiger partial charge in [-0.3, -0.25) is 4.79 Å². The number of nitrogen functional groups attached to an aromatic ring is 1.